The van der Waals surface area contributed by atoms with Crippen LogP contribution >= 0.6 is 11.6 Å². The second kappa shape index (κ2) is 5.15. The van der Waals surface area contributed by atoms with Crippen LogP contribution in [0.3, 0.4) is 0 Å². The number of hydrogen-bond acceptors (Lipinski definition) is 3. The summed E-state index contributed by atoms with van der Waals surface area (Å²) in [5.74, 6) is 0.786. The number of nitrogens with two attached hydrogens (primary N) is 1. The zero-order valence-electron chi connectivity index (χ0n) is 11.0. The van der Waals surface area contributed by atoms with Gasteiger partial charge in [-0.2, -0.15) is 0 Å². The number of rotatable bonds is 3. The molecule has 2 aromatic heterocycles. The predicted octanol–water partition coefficient (Wildman–Crippen LogP) is 3.12. The third-order valence-corrected chi connectivity index (χ3v) is 3.53. The molecule has 0 spiro atoms. The number of aromatic nitrogens is 2. The van der Waals surface area contributed by atoms with Gasteiger partial charge in [0.25, 0.3) is 0 Å². The Kier molecular flexibility index (Phi) is 3.34. The first-order valence-electron chi connectivity index (χ1n) is 6.24. The van der Waals surface area contributed by atoms with Crippen LogP contribution in [0.4, 0.5) is 0 Å². The summed E-state index contributed by atoms with van der Waals surface area (Å²) < 4.78 is 7.18. The molecule has 3 aromatic rings. The number of ether oxygens (including phenoxy) is 1. The smallest absolute Gasteiger partial charge is 0.156 e. The van der Waals surface area contributed by atoms with Crippen molar-refractivity contribution in [2.24, 2.45) is 5.73 Å². The molecule has 4 nitrogen and oxygen atoms in total. The molecule has 0 saturated heterocycles. The van der Waals surface area contributed by atoms with Gasteiger partial charge in [0.05, 0.1) is 23.5 Å². The summed E-state index contributed by atoms with van der Waals surface area (Å²) in [6.45, 7) is 0.383. The third-order valence-electron chi connectivity index (χ3n) is 3.24. The Balaban J connectivity index is 2.27. The van der Waals surface area contributed by atoms with Crippen molar-refractivity contribution in [1.29, 1.82) is 0 Å². The van der Waals surface area contributed by atoms with Crippen LogP contribution in [-0.2, 0) is 6.54 Å². The minimum Gasteiger partial charge on any atom is -0.497 e. The molecule has 0 amide bonds. The summed E-state index contributed by atoms with van der Waals surface area (Å²) in [5.41, 5.74) is 9.32. The molecule has 0 atom stereocenters. The zero-order chi connectivity index (χ0) is 14.1. The quantitative estimate of drug-likeness (QED) is 0.805. The lowest BCUT2D eigenvalue weighted by Gasteiger charge is -2.04. The second-order valence-corrected chi connectivity index (χ2v) is 4.80. The minimum atomic E-state index is 0.383. The lowest BCUT2D eigenvalue weighted by molar-refractivity contribution is 0.415. The SMILES string of the molecule is COc1cccc(-c2nc3c(Cl)cccn3c2CN)c1. The fraction of sp³-hybridized carbons (Fsp3) is 0.133. The first-order chi connectivity index (χ1) is 9.74. The fourth-order valence-corrected chi connectivity index (χ4v) is 2.49. The van der Waals surface area contributed by atoms with Crippen molar-refractivity contribution >= 4 is 17.2 Å². The molecule has 2 N–H and O–H groups in total. The van der Waals surface area contributed by atoms with E-state index in [1.165, 1.54) is 0 Å². The first-order valence-corrected chi connectivity index (χ1v) is 6.62. The second-order valence-electron chi connectivity index (χ2n) is 4.39. The van der Waals surface area contributed by atoms with Crippen LogP contribution in [0.15, 0.2) is 42.6 Å². The normalized spacial score (nSPS) is 10.9. The molecule has 0 aliphatic rings. The van der Waals surface area contributed by atoms with Gasteiger partial charge in [-0.1, -0.05) is 23.7 Å². The van der Waals surface area contributed by atoms with Crippen LogP contribution in [0, 0.1) is 0 Å². The van der Waals surface area contributed by atoms with Crippen molar-refractivity contribution in [2.45, 2.75) is 6.54 Å². The van der Waals surface area contributed by atoms with E-state index < -0.39 is 0 Å². The largest absolute Gasteiger partial charge is 0.497 e. The zero-order valence-corrected chi connectivity index (χ0v) is 11.8. The average molecular weight is 288 g/mol. The predicted molar refractivity (Wildman–Crippen MR) is 80.1 cm³/mol. The van der Waals surface area contributed by atoms with Crippen molar-refractivity contribution in [3.63, 3.8) is 0 Å². The van der Waals surface area contributed by atoms with Crippen molar-refractivity contribution in [1.82, 2.24) is 9.38 Å². The highest BCUT2D eigenvalue weighted by molar-refractivity contribution is 6.33. The lowest BCUT2D eigenvalue weighted by Crippen LogP contribution is -2.02. The number of methoxy groups -OCH3 is 1. The molecule has 5 heteroatoms. The Bertz CT molecular complexity index is 767. The van der Waals surface area contributed by atoms with Crippen molar-refractivity contribution in [2.75, 3.05) is 7.11 Å². The van der Waals surface area contributed by atoms with E-state index in [0.717, 1.165) is 22.7 Å². The molecule has 0 radical (unpaired) electrons. The lowest BCUT2D eigenvalue weighted by atomic mass is 10.1. The van der Waals surface area contributed by atoms with Gasteiger partial charge in [-0.3, -0.25) is 0 Å². The van der Waals surface area contributed by atoms with Gasteiger partial charge in [0.1, 0.15) is 5.75 Å². The molecule has 0 unspecified atom stereocenters. The summed E-state index contributed by atoms with van der Waals surface area (Å²) in [4.78, 5) is 4.62. The Morgan fingerprint density at radius 3 is 2.90 bits per heavy atom. The summed E-state index contributed by atoms with van der Waals surface area (Å²) >= 11 is 6.20. The number of halogens is 1. The maximum Gasteiger partial charge on any atom is 0.156 e. The molecule has 20 heavy (non-hydrogen) atoms. The highest BCUT2D eigenvalue weighted by atomic mass is 35.5. The number of nitrogens with zero attached hydrogens (tertiary/aromatic N) is 2. The molecule has 0 bridgehead atoms. The molecule has 0 fully saturated rings. The summed E-state index contributed by atoms with van der Waals surface area (Å²) in [6.07, 6.45) is 1.92. The van der Waals surface area contributed by atoms with Crippen LogP contribution in [0.5, 0.6) is 5.75 Å². The number of hydrogen-bond donors (Lipinski definition) is 1. The Morgan fingerprint density at radius 1 is 1.30 bits per heavy atom. The number of pyridine rings is 1. The van der Waals surface area contributed by atoms with E-state index in [2.05, 4.69) is 4.98 Å². The van der Waals surface area contributed by atoms with Crippen LogP contribution in [0.1, 0.15) is 5.69 Å². The Labute approximate surface area is 121 Å². The van der Waals surface area contributed by atoms with Crippen LogP contribution in [-0.4, -0.2) is 16.5 Å². The van der Waals surface area contributed by atoms with Crippen molar-refractivity contribution in [3.05, 3.63) is 53.3 Å². The number of fused-ring (bicyclic) bond motifs is 1. The molecular formula is C15H14ClN3O. The number of benzene rings is 1. The van der Waals surface area contributed by atoms with Crippen LogP contribution in [0.2, 0.25) is 5.02 Å². The monoisotopic (exact) mass is 287 g/mol. The molecule has 1 aromatic carbocycles. The summed E-state index contributed by atoms with van der Waals surface area (Å²) in [6, 6.07) is 11.5. The highest BCUT2D eigenvalue weighted by Crippen LogP contribution is 2.29. The maximum atomic E-state index is 6.20. The van der Waals surface area contributed by atoms with Crippen LogP contribution in [0.25, 0.3) is 16.9 Å². The molecule has 0 aliphatic heterocycles. The molecular weight excluding hydrogens is 274 g/mol. The van der Waals surface area contributed by atoms with Gasteiger partial charge < -0.3 is 14.9 Å². The van der Waals surface area contributed by atoms with E-state index >= 15 is 0 Å². The highest BCUT2D eigenvalue weighted by Gasteiger charge is 2.14. The van der Waals surface area contributed by atoms with E-state index in [9.17, 15) is 0 Å². The number of imidazole rings is 1. The van der Waals surface area contributed by atoms with E-state index in [1.807, 2.05) is 47.0 Å². The van der Waals surface area contributed by atoms with Gasteiger partial charge in [-0.25, -0.2) is 4.98 Å². The van der Waals surface area contributed by atoms with E-state index in [4.69, 9.17) is 22.1 Å². The molecule has 0 saturated carbocycles. The van der Waals surface area contributed by atoms with E-state index in [-0.39, 0.29) is 0 Å². The molecule has 0 aliphatic carbocycles. The standard InChI is InChI=1S/C15H14ClN3O/c1-20-11-5-2-4-10(8-11)14-13(9-17)19-7-3-6-12(16)15(19)18-14/h2-8H,9,17H2,1H3. The van der Waals surface area contributed by atoms with Crippen molar-refractivity contribution < 1.29 is 4.74 Å². The summed E-state index contributed by atoms with van der Waals surface area (Å²) in [7, 11) is 1.64. The first kappa shape index (κ1) is 13.0. The molecule has 2 heterocycles. The van der Waals surface area contributed by atoms with Gasteiger partial charge in [0, 0.05) is 18.3 Å². The van der Waals surface area contributed by atoms with E-state index in [1.54, 1.807) is 7.11 Å². The van der Waals surface area contributed by atoms with Gasteiger partial charge in [-0.05, 0) is 24.3 Å². The third kappa shape index (κ3) is 2.03. The van der Waals surface area contributed by atoms with Crippen molar-refractivity contribution in [3.8, 4) is 17.0 Å². The topological polar surface area (TPSA) is 52.5 Å². The van der Waals surface area contributed by atoms with Gasteiger partial charge in [0.2, 0.25) is 0 Å². The molecule has 3 rings (SSSR count). The average Bonchev–Trinajstić information content (AvgIpc) is 2.87. The van der Waals surface area contributed by atoms with Crippen LogP contribution < -0.4 is 10.5 Å². The molecule has 102 valence electrons. The minimum absolute atomic E-state index is 0.383. The Hall–Kier alpha value is -2.04. The van der Waals surface area contributed by atoms with Gasteiger partial charge in [-0.15, -0.1) is 0 Å². The van der Waals surface area contributed by atoms with Gasteiger partial charge >= 0.3 is 0 Å². The van der Waals surface area contributed by atoms with Gasteiger partial charge in [0.15, 0.2) is 5.65 Å². The van der Waals surface area contributed by atoms with E-state index in [0.29, 0.717) is 17.2 Å². The Morgan fingerprint density at radius 2 is 2.15 bits per heavy atom. The fourth-order valence-electron chi connectivity index (χ4n) is 2.28. The maximum absolute atomic E-state index is 6.20. The summed E-state index contributed by atoms with van der Waals surface area (Å²) in [5, 5.41) is 0.608.